The third-order valence-corrected chi connectivity index (χ3v) is 12.0. The van der Waals surface area contributed by atoms with E-state index in [4.69, 9.17) is 4.74 Å². The van der Waals surface area contributed by atoms with Crippen LogP contribution in [0, 0.1) is 11.8 Å². The number of anilines is 2. The average molecular weight is 651 g/mol. The maximum atomic E-state index is 14.7. The Morgan fingerprint density at radius 3 is 2.41 bits per heavy atom. The molecule has 41 heavy (non-hydrogen) atoms. The highest BCUT2D eigenvalue weighted by Crippen LogP contribution is 2.68. The van der Waals surface area contributed by atoms with E-state index in [0.717, 1.165) is 43.7 Å². The van der Waals surface area contributed by atoms with E-state index < -0.39 is 22.6 Å². The zero-order chi connectivity index (χ0) is 29.7. The molecule has 3 aliphatic heterocycles. The van der Waals surface area contributed by atoms with Crippen LogP contribution >= 0.6 is 27.7 Å². The SMILES string of the molecule is C=CCN(C(=O)C1N(CCCCCCO)C(=O)[C@@H]2[C@@H](C(=O)OCC)[C@@H]3SC12CC3Br)c1ccc(N(CC)CC)cc1. The second-order valence-corrected chi connectivity index (χ2v) is 13.7. The van der Waals surface area contributed by atoms with E-state index in [2.05, 4.69) is 41.3 Å². The fourth-order valence-electron chi connectivity index (χ4n) is 6.94. The zero-order valence-corrected chi connectivity index (χ0v) is 26.9. The van der Waals surface area contributed by atoms with Crippen LogP contribution < -0.4 is 9.80 Å². The Bertz CT molecular complexity index is 1100. The first-order chi connectivity index (χ1) is 19.8. The molecule has 3 unspecified atom stereocenters. The summed E-state index contributed by atoms with van der Waals surface area (Å²) < 4.78 is 4.75. The molecule has 3 saturated heterocycles. The van der Waals surface area contributed by atoms with Crippen LogP contribution in [-0.2, 0) is 19.1 Å². The molecule has 3 heterocycles. The summed E-state index contributed by atoms with van der Waals surface area (Å²) in [6.07, 6.45) is 5.51. The lowest BCUT2D eigenvalue weighted by atomic mass is 9.71. The minimum Gasteiger partial charge on any atom is -0.466 e. The van der Waals surface area contributed by atoms with Gasteiger partial charge in [-0.05, 0) is 64.3 Å². The van der Waals surface area contributed by atoms with Crippen LogP contribution in [0.3, 0.4) is 0 Å². The van der Waals surface area contributed by atoms with Gasteiger partial charge in [-0.15, -0.1) is 18.3 Å². The maximum absolute atomic E-state index is 14.7. The van der Waals surface area contributed by atoms with Gasteiger partial charge in [0.1, 0.15) is 6.04 Å². The summed E-state index contributed by atoms with van der Waals surface area (Å²) in [4.78, 5) is 47.8. The number of aliphatic hydroxyl groups is 1. The quantitative estimate of drug-likeness (QED) is 0.128. The number of benzene rings is 1. The number of halogens is 1. The number of rotatable bonds is 15. The number of carbonyl (C=O) groups is 3. The topological polar surface area (TPSA) is 90.4 Å². The highest BCUT2D eigenvalue weighted by atomic mass is 79.9. The lowest BCUT2D eigenvalue weighted by Crippen LogP contribution is -2.55. The lowest BCUT2D eigenvalue weighted by molar-refractivity contribution is -0.153. The van der Waals surface area contributed by atoms with Crippen LogP contribution in [0.2, 0.25) is 0 Å². The van der Waals surface area contributed by atoms with Crippen molar-refractivity contribution in [3.05, 3.63) is 36.9 Å². The fourth-order valence-corrected chi connectivity index (χ4v) is 10.5. The standard InChI is InChI=1S/C31H44BrN3O5S/c1-5-17-34(22-15-13-21(14-16-22)33(6-2)7-3)29(38)27-31-20-23(32)26(41-31)24(30(39)40-8-4)25(31)28(37)35(27)18-11-9-10-12-19-36/h5,13-16,23-27,36H,1,6-12,17-20H2,2-4H3/t23?,24-,25+,26-,27?,31?/m1/s1. The number of hydrogen-bond donors (Lipinski definition) is 1. The first-order valence-corrected chi connectivity index (χ1v) is 16.8. The van der Waals surface area contributed by atoms with Gasteiger partial charge in [-0.1, -0.05) is 34.8 Å². The van der Waals surface area contributed by atoms with Crippen LogP contribution in [0.4, 0.5) is 11.4 Å². The number of fused-ring (bicyclic) bond motifs is 1. The summed E-state index contributed by atoms with van der Waals surface area (Å²) in [6, 6.07) is 7.30. The molecule has 3 fully saturated rings. The summed E-state index contributed by atoms with van der Waals surface area (Å²) in [6.45, 7) is 12.9. The molecule has 2 bridgehead atoms. The number of unbranched alkanes of at least 4 members (excludes halogenated alkanes) is 3. The normalized spacial score (nSPS) is 28.1. The van der Waals surface area contributed by atoms with Gasteiger partial charge in [0, 0.05) is 54.2 Å². The molecule has 8 nitrogen and oxygen atoms in total. The van der Waals surface area contributed by atoms with E-state index in [1.54, 1.807) is 34.6 Å². The van der Waals surface area contributed by atoms with Gasteiger partial charge in [-0.3, -0.25) is 14.4 Å². The van der Waals surface area contributed by atoms with E-state index in [9.17, 15) is 19.5 Å². The molecule has 4 rings (SSSR count). The van der Waals surface area contributed by atoms with Crippen molar-refractivity contribution in [2.24, 2.45) is 11.8 Å². The van der Waals surface area contributed by atoms with Gasteiger partial charge in [-0.2, -0.15) is 0 Å². The predicted molar refractivity (Wildman–Crippen MR) is 169 cm³/mol. The van der Waals surface area contributed by atoms with Crippen molar-refractivity contribution >= 4 is 56.9 Å². The second kappa shape index (κ2) is 14.0. The second-order valence-electron chi connectivity index (χ2n) is 11.0. The number of ether oxygens (including phenoxy) is 1. The number of nitrogens with zero attached hydrogens (tertiary/aromatic N) is 3. The summed E-state index contributed by atoms with van der Waals surface area (Å²) in [5, 5.41) is 9.06. The molecule has 0 aromatic heterocycles. The molecular formula is C31H44BrN3O5S. The highest BCUT2D eigenvalue weighted by Gasteiger charge is 2.76. The number of hydrogen-bond acceptors (Lipinski definition) is 7. The minimum absolute atomic E-state index is 0.00645. The van der Waals surface area contributed by atoms with E-state index >= 15 is 0 Å². The third kappa shape index (κ3) is 5.93. The Hall–Kier alpha value is -2.04. The molecule has 1 N–H and O–H groups in total. The Morgan fingerprint density at radius 2 is 1.80 bits per heavy atom. The Labute approximate surface area is 257 Å². The third-order valence-electron chi connectivity index (χ3n) is 8.76. The van der Waals surface area contributed by atoms with E-state index in [1.807, 2.05) is 24.3 Å². The fraction of sp³-hybridized carbons (Fsp3) is 0.645. The van der Waals surface area contributed by atoms with Crippen LogP contribution in [0.25, 0.3) is 0 Å². The van der Waals surface area contributed by atoms with Crippen molar-refractivity contribution < 1.29 is 24.2 Å². The van der Waals surface area contributed by atoms with Crippen LogP contribution in [0.5, 0.6) is 0 Å². The number of likely N-dealkylation sites (tertiary alicyclic amines) is 1. The number of carbonyl (C=O) groups excluding carboxylic acids is 3. The first-order valence-electron chi connectivity index (χ1n) is 15.0. The van der Waals surface area contributed by atoms with Gasteiger partial charge in [0.05, 0.1) is 23.2 Å². The number of amides is 2. The van der Waals surface area contributed by atoms with Crippen molar-refractivity contribution in [1.29, 1.82) is 0 Å². The molecule has 0 radical (unpaired) electrons. The van der Waals surface area contributed by atoms with E-state index in [0.29, 0.717) is 25.9 Å². The number of esters is 1. The Morgan fingerprint density at radius 1 is 1.15 bits per heavy atom. The van der Waals surface area contributed by atoms with Gasteiger partial charge < -0.3 is 24.5 Å². The molecule has 6 atom stereocenters. The molecule has 0 saturated carbocycles. The molecule has 226 valence electrons. The molecule has 3 aliphatic rings. The van der Waals surface area contributed by atoms with Gasteiger partial charge in [0.25, 0.3) is 5.91 Å². The summed E-state index contributed by atoms with van der Waals surface area (Å²) >= 11 is 5.43. The predicted octanol–water partition coefficient (Wildman–Crippen LogP) is 4.63. The Kier molecular flexibility index (Phi) is 10.9. The van der Waals surface area contributed by atoms with Gasteiger partial charge in [-0.25, -0.2) is 0 Å². The van der Waals surface area contributed by atoms with Crippen molar-refractivity contribution in [2.45, 2.75) is 73.7 Å². The largest absolute Gasteiger partial charge is 0.466 e. The molecule has 0 aliphatic carbocycles. The molecule has 1 aromatic carbocycles. The van der Waals surface area contributed by atoms with Crippen LogP contribution in [0.1, 0.15) is 52.9 Å². The van der Waals surface area contributed by atoms with Crippen LogP contribution in [-0.4, -0.2) is 88.0 Å². The first kappa shape index (κ1) is 31.9. The van der Waals surface area contributed by atoms with E-state index in [1.165, 1.54) is 0 Å². The molecule has 1 spiro atoms. The maximum Gasteiger partial charge on any atom is 0.310 e. The Balaban J connectivity index is 1.71. The smallest absolute Gasteiger partial charge is 0.310 e. The number of alkyl halides is 1. The van der Waals surface area contributed by atoms with Gasteiger partial charge >= 0.3 is 5.97 Å². The van der Waals surface area contributed by atoms with Crippen molar-refractivity contribution in [2.75, 3.05) is 49.2 Å². The minimum atomic E-state index is -0.712. The molecule has 2 amide bonds. The average Bonchev–Trinajstić information content (AvgIpc) is 3.56. The summed E-state index contributed by atoms with van der Waals surface area (Å²) in [7, 11) is 0. The molecular weight excluding hydrogens is 606 g/mol. The van der Waals surface area contributed by atoms with Gasteiger partial charge in [0.2, 0.25) is 5.91 Å². The summed E-state index contributed by atoms with van der Waals surface area (Å²) in [5.41, 5.74) is 1.85. The lowest BCUT2D eigenvalue weighted by Gasteiger charge is -2.38. The number of thioether (sulfide) groups is 1. The van der Waals surface area contributed by atoms with Crippen LogP contribution in [0.15, 0.2) is 36.9 Å². The van der Waals surface area contributed by atoms with Gasteiger partial charge in [0.15, 0.2) is 0 Å². The molecule has 1 aromatic rings. The molecule has 10 heteroatoms. The van der Waals surface area contributed by atoms with Crippen molar-refractivity contribution in [3.8, 4) is 0 Å². The zero-order valence-electron chi connectivity index (χ0n) is 24.5. The number of aliphatic hydroxyl groups excluding tert-OH is 1. The van der Waals surface area contributed by atoms with Crippen molar-refractivity contribution in [1.82, 2.24) is 4.90 Å². The highest BCUT2D eigenvalue weighted by molar-refractivity contribution is 9.09. The van der Waals surface area contributed by atoms with E-state index in [-0.39, 0.29) is 41.1 Å². The summed E-state index contributed by atoms with van der Waals surface area (Å²) in [5.74, 6) is -1.77. The monoisotopic (exact) mass is 649 g/mol. The van der Waals surface area contributed by atoms with Crippen molar-refractivity contribution in [3.63, 3.8) is 0 Å².